The van der Waals surface area contributed by atoms with E-state index in [1.54, 1.807) is 0 Å². The number of carbonyl (C=O) groups is 3. The Bertz CT molecular complexity index is 397. The predicted molar refractivity (Wildman–Crippen MR) is 69.3 cm³/mol. The van der Waals surface area contributed by atoms with Crippen molar-refractivity contribution in [2.45, 2.75) is 51.6 Å². The Morgan fingerprint density at radius 1 is 1.11 bits per heavy atom. The van der Waals surface area contributed by atoms with Gasteiger partial charge in [-0.1, -0.05) is 13.8 Å². The van der Waals surface area contributed by atoms with Crippen LogP contribution in [0.5, 0.6) is 0 Å². The van der Waals surface area contributed by atoms with Crippen molar-refractivity contribution in [1.82, 2.24) is 15.1 Å². The van der Waals surface area contributed by atoms with Gasteiger partial charge in [-0.25, -0.2) is 4.79 Å². The highest BCUT2D eigenvalue weighted by Gasteiger charge is 2.46. The van der Waals surface area contributed by atoms with Crippen LogP contribution in [0.25, 0.3) is 0 Å². The Balaban J connectivity index is 0.000000637. The predicted octanol–water partition coefficient (Wildman–Crippen LogP) is 0.718. The van der Waals surface area contributed by atoms with Gasteiger partial charge in [0.25, 0.3) is 0 Å². The largest absolute Gasteiger partial charge is 0.338 e. The third-order valence-corrected chi connectivity index (χ3v) is 3.89. The van der Waals surface area contributed by atoms with E-state index in [1.807, 2.05) is 18.7 Å². The van der Waals surface area contributed by atoms with Gasteiger partial charge in [0.1, 0.15) is 12.6 Å². The third-order valence-electron chi connectivity index (χ3n) is 3.89. The second kappa shape index (κ2) is 5.59. The molecule has 3 heterocycles. The highest BCUT2D eigenvalue weighted by Crippen LogP contribution is 2.31. The van der Waals surface area contributed by atoms with Gasteiger partial charge in [0.15, 0.2) is 0 Å². The second-order valence-electron chi connectivity index (χ2n) is 4.91. The fourth-order valence-corrected chi connectivity index (χ4v) is 3.06. The van der Waals surface area contributed by atoms with Crippen LogP contribution in [0.1, 0.15) is 39.5 Å². The number of hydrogen-bond acceptors (Lipinski definition) is 3. The molecule has 0 aromatic rings. The molecule has 0 aromatic carbocycles. The molecule has 0 bridgehead atoms. The molecule has 3 rings (SSSR count). The molecule has 0 saturated carbocycles. The zero-order valence-electron chi connectivity index (χ0n) is 11.5. The molecule has 2 atom stereocenters. The first kappa shape index (κ1) is 13.8. The smallest absolute Gasteiger partial charge is 0.325 e. The molecule has 0 aliphatic carbocycles. The molecular weight excluding hydrogens is 246 g/mol. The fraction of sp³-hybridized carbons (Fsp3) is 0.769. The van der Waals surface area contributed by atoms with E-state index in [-0.39, 0.29) is 24.4 Å². The molecule has 19 heavy (non-hydrogen) atoms. The molecular formula is C13H21N3O3. The summed E-state index contributed by atoms with van der Waals surface area (Å²) in [5.74, 6) is -0.299. The van der Waals surface area contributed by atoms with Crippen LogP contribution in [-0.4, -0.2) is 52.8 Å². The number of imide groups is 1. The number of piperidine rings is 1. The lowest BCUT2D eigenvalue weighted by Gasteiger charge is -2.29. The van der Waals surface area contributed by atoms with Crippen molar-refractivity contribution in [3.05, 3.63) is 0 Å². The van der Waals surface area contributed by atoms with Crippen LogP contribution in [-0.2, 0) is 9.59 Å². The lowest BCUT2D eigenvalue weighted by Crippen LogP contribution is -2.44. The topological polar surface area (TPSA) is 69.7 Å². The van der Waals surface area contributed by atoms with Gasteiger partial charge in [-0.3, -0.25) is 14.9 Å². The van der Waals surface area contributed by atoms with Gasteiger partial charge in [-0.15, -0.1) is 0 Å². The maximum Gasteiger partial charge on any atom is 0.325 e. The SMILES string of the molecule is CC.O=C1CN(C2CC3CCCCN3C2=O)C(=O)N1. The fourth-order valence-electron chi connectivity index (χ4n) is 3.06. The van der Waals surface area contributed by atoms with Crippen molar-refractivity contribution in [2.24, 2.45) is 0 Å². The van der Waals surface area contributed by atoms with Crippen molar-refractivity contribution >= 4 is 17.8 Å². The molecule has 2 unspecified atom stereocenters. The summed E-state index contributed by atoms with van der Waals surface area (Å²) in [5, 5.41) is 2.22. The molecule has 4 amide bonds. The van der Waals surface area contributed by atoms with Gasteiger partial charge in [-0.05, 0) is 25.7 Å². The van der Waals surface area contributed by atoms with Gasteiger partial charge in [0.05, 0.1) is 0 Å². The van der Waals surface area contributed by atoms with Crippen LogP contribution >= 0.6 is 0 Å². The van der Waals surface area contributed by atoms with Crippen LogP contribution in [0.15, 0.2) is 0 Å². The monoisotopic (exact) mass is 267 g/mol. The summed E-state index contributed by atoms with van der Waals surface area (Å²) in [6, 6.07) is -0.581. The average Bonchev–Trinajstić information content (AvgIpc) is 2.93. The van der Waals surface area contributed by atoms with E-state index < -0.39 is 12.1 Å². The van der Waals surface area contributed by atoms with Crippen LogP contribution in [0.2, 0.25) is 0 Å². The first-order chi connectivity index (χ1) is 9.16. The van der Waals surface area contributed by atoms with Crippen molar-refractivity contribution in [3.8, 4) is 0 Å². The molecule has 3 aliphatic rings. The van der Waals surface area contributed by atoms with Crippen molar-refractivity contribution in [1.29, 1.82) is 0 Å². The molecule has 3 fully saturated rings. The van der Waals surface area contributed by atoms with Gasteiger partial charge >= 0.3 is 6.03 Å². The van der Waals surface area contributed by atoms with Crippen molar-refractivity contribution in [3.63, 3.8) is 0 Å². The summed E-state index contributed by atoms with van der Waals surface area (Å²) in [6.45, 7) is 4.82. The Kier molecular flexibility index (Phi) is 4.07. The summed E-state index contributed by atoms with van der Waals surface area (Å²) >= 11 is 0. The quantitative estimate of drug-likeness (QED) is 0.712. The summed E-state index contributed by atoms with van der Waals surface area (Å²) in [6.07, 6.45) is 3.89. The zero-order chi connectivity index (χ0) is 14.0. The zero-order valence-corrected chi connectivity index (χ0v) is 11.5. The number of nitrogens with one attached hydrogen (secondary N) is 1. The maximum absolute atomic E-state index is 12.2. The molecule has 3 aliphatic heterocycles. The Labute approximate surface area is 113 Å². The highest BCUT2D eigenvalue weighted by molar-refractivity contribution is 6.04. The highest BCUT2D eigenvalue weighted by atomic mass is 16.2. The van der Waals surface area contributed by atoms with Crippen LogP contribution in [0.4, 0.5) is 4.79 Å². The lowest BCUT2D eigenvalue weighted by atomic mass is 10.0. The number of hydrogen-bond donors (Lipinski definition) is 1. The summed E-state index contributed by atoms with van der Waals surface area (Å²) in [4.78, 5) is 38.1. The molecule has 106 valence electrons. The molecule has 1 N–H and O–H groups in total. The summed E-state index contributed by atoms with van der Waals surface area (Å²) in [7, 11) is 0. The standard InChI is InChI=1S/C11H15N3O3.C2H6/c15-9-6-14(11(17)12-9)8-5-7-3-1-2-4-13(7)10(8)16;1-2/h7-8H,1-6H2,(H,12,15,17);1-2H3. The van der Waals surface area contributed by atoms with Crippen LogP contribution in [0, 0.1) is 0 Å². The van der Waals surface area contributed by atoms with E-state index in [9.17, 15) is 14.4 Å². The first-order valence-corrected chi connectivity index (χ1v) is 7.08. The number of fused-ring (bicyclic) bond motifs is 1. The molecule has 0 radical (unpaired) electrons. The number of urea groups is 1. The normalized spacial score (nSPS) is 29.9. The van der Waals surface area contributed by atoms with Gasteiger partial charge in [0, 0.05) is 12.6 Å². The third kappa shape index (κ3) is 2.43. The number of nitrogens with zero attached hydrogens (tertiary/aromatic N) is 2. The number of rotatable bonds is 1. The van der Waals surface area contributed by atoms with E-state index in [0.717, 1.165) is 25.8 Å². The number of amides is 4. The van der Waals surface area contributed by atoms with Crippen LogP contribution < -0.4 is 5.32 Å². The Morgan fingerprint density at radius 3 is 2.42 bits per heavy atom. The molecule has 0 spiro atoms. The summed E-state index contributed by atoms with van der Waals surface area (Å²) in [5.41, 5.74) is 0. The molecule has 3 saturated heterocycles. The summed E-state index contributed by atoms with van der Waals surface area (Å²) < 4.78 is 0. The average molecular weight is 267 g/mol. The minimum atomic E-state index is -0.426. The molecule has 6 heteroatoms. The van der Waals surface area contributed by atoms with E-state index >= 15 is 0 Å². The van der Waals surface area contributed by atoms with E-state index in [0.29, 0.717) is 6.42 Å². The maximum atomic E-state index is 12.2. The van der Waals surface area contributed by atoms with E-state index in [1.165, 1.54) is 4.90 Å². The molecule has 6 nitrogen and oxygen atoms in total. The van der Waals surface area contributed by atoms with Crippen molar-refractivity contribution in [2.75, 3.05) is 13.1 Å². The van der Waals surface area contributed by atoms with Crippen LogP contribution in [0.3, 0.4) is 0 Å². The van der Waals surface area contributed by atoms with Crippen molar-refractivity contribution < 1.29 is 14.4 Å². The number of carbonyl (C=O) groups excluding carboxylic acids is 3. The molecule has 0 aromatic heterocycles. The first-order valence-electron chi connectivity index (χ1n) is 7.08. The minimum Gasteiger partial charge on any atom is -0.338 e. The van der Waals surface area contributed by atoms with Gasteiger partial charge < -0.3 is 9.80 Å². The van der Waals surface area contributed by atoms with Gasteiger partial charge in [-0.2, -0.15) is 0 Å². The van der Waals surface area contributed by atoms with E-state index in [2.05, 4.69) is 5.32 Å². The minimum absolute atomic E-state index is 0.0135. The van der Waals surface area contributed by atoms with Gasteiger partial charge in [0.2, 0.25) is 11.8 Å². The Hall–Kier alpha value is -1.59. The van der Waals surface area contributed by atoms with E-state index in [4.69, 9.17) is 0 Å². The Morgan fingerprint density at radius 2 is 1.84 bits per heavy atom. The lowest BCUT2D eigenvalue weighted by molar-refractivity contribution is -0.133. The second-order valence-corrected chi connectivity index (χ2v) is 4.91.